The molecule has 12 saturated carbocycles. The lowest BCUT2D eigenvalue weighted by atomic mass is 9.48. The van der Waals surface area contributed by atoms with Crippen LogP contribution in [0.4, 0.5) is 43.9 Å². The number of carbonyl (C=O) groups excluding carboxylic acids is 3. The molecule has 0 aliphatic heterocycles. The number of esters is 3. The molecule has 9 aromatic rings. The fourth-order valence-corrected chi connectivity index (χ4v) is 28.0. The summed E-state index contributed by atoms with van der Waals surface area (Å²) in [6, 6.07) is 96.5. The van der Waals surface area contributed by atoms with Gasteiger partial charge in [0.25, 0.3) is 11.8 Å². The highest BCUT2D eigenvalue weighted by atomic mass is 32.2. The van der Waals surface area contributed by atoms with E-state index < -0.39 is 77.7 Å². The molecule has 0 saturated heterocycles. The predicted molar refractivity (Wildman–Crippen MR) is 470 cm³/mol. The fourth-order valence-electron chi connectivity index (χ4n) is 21.7. The number of unbranched alkanes of at least 4 members (excludes halogenated alkanes) is 1. The topological polar surface area (TPSA) is 99.1 Å². The van der Waals surface area contributed by atoms with Crippen LogP contribution in [0.2, 0.25) is 0 Å². The molecule has 0 amide bonds. The first kappa shape index (κ1) is 93.3. The molecule has 660 valence electrons. The maximum atomic E-state index is 13.2. The van der Waals surface area contributed by atoms with E-state index in [1.54, 1.807) is 0 Å². The Balaban J connectivity index is 0.000000128. The Hall–Kier alpha value is -8.30. The van der Waals surface area contributed by atoms with Crippen LogP contribution in [0.5, 0.6) is 0 Å². The van der Waals surface area contributed by atoms with Gasteiger partial charge in [0, 0.05) is 40.0 Å². The van der Waals surface area contributed by atoms with Crippen LogP contribution in [0.1, 0.15) is 168 Å². The fraction of sp³-hybridized carbons (Fsp3) is 0.452. The number of hydrogen-bond acceptors (Lipinski definition) is 7. The zero-order chi connectivity index (χ0) is 87.8. The van der Waals surface area contributed by atoms with Crippen molar-refractivity contribution >= 4 is 50.6 Å². The van der Waals surface area contributed by atoms with Crippen molar-refractivity contribution in [3.8, 4) is 0 Å². The largest absolute Gasteiger partial charge is 0.465 e. The van der Waals surface area contributed by atoms with E-state index in [1.807, 2.05) is 0 Å². The molecule has 7 nitrogen and oxygen atoms in total. The highest BCUT2D eigenvalue weighted by molar-refractivity contribution is 7.97. The minimum atomic E-state index is -4.01. The molecule has 12 bridgehead atoms. The molecule has 12 fully saturated rings. The molecular formula is C104H117F10O7S3+3. The number of aliphatic hydroxyl groups is 1. The number of halogens is 10. The number of ether oxygens (including phenoxy) is 3. The Morgan fingerprint density at radius 2 is 0.532 bits per heavy atom. The number of alkyl halides is 10. The van der Waals surface area contributed by atoms with Crippen molar-refractivity contribution in [2.75, 3.05) is 19.8 Å². The second kappa shape index (κ2) is 41.6. The van der Waals surface area contributed by atoms with Gasteiger partial charge in [-0.15, -0.1) is 0 Å². The van der Waals surface area contributed by atoms with Crippen LogP contribution in [0.15, 0.2) is 317 Å². The minimum Gasteiger partial charge on any atom is -0.465 e. The number of benzene rings is 9. The third-order valence-corrected chi connectivity index (χ3v) is 33.0. The smallest absolute Gasteiger partial charge is 0.312 e. The van der Waals surface area contributed by atoms with E-state index in [4.69, 9.17) is 14.2 Å². The Morgan fingerprint density at radius 1 is 0.323 bits per heavy atom. The second-order valence-corrected chi connectivity index (χ2v) is 42.6. The standard InChI is InChI=1S/C18H26F4O2.3C18H15S.C16H23F3O3.C16H23F3O2/c1-16(19,20)18(21,22)4-2-3-5-24-15(23)17-9-12-6-13(10-17)8-14(7-12)11-17;3*1-4-10-16(11-5-1)19(17-12-6-2-7-13-17)18-14-8-3-9-15-18;1-14(18,19)12(17)2-3-22-13(20)15-5-10-4-11(6-15)8-16(21,7-10)9-15;1-15(18,19)13(17)2-3-21-14(20)16-7-10-4-11(8-16)6-12(5-10)9-16/h12-14H,2-11H2,1H3;3*1-15H;10-12,21H,2-9H2,1H3;10-13H,2-9H2,1H3/q;3*+1;;. The van der Waals surface area contributed by atoms with Crippen molar-refractivity contribution in [2.24, 2.45) is 63.6 Å². The molecule has 9 aromatic carbocycles. The summed E-state index contributed by atoms with van der Waals surface area (Å²) < 4.78 is 145. The summed E-state index contributed by atoms with van der Waals surface area (Å²) in [5.41, 5.74) is -2.20. The van der Waals surface area contributed by atoms with Gasteiger partial charge in [0.2, 0.25) is 0 Å². The maximum absolute atomic E-state index is 13.2. The van der Waals surface area contributed by atoms with E-state index in [0.717, 1.165) is 57.8 Å². The SMILES string of the molecule is CC(F)(F)C(F)(F)CCCCOC(=O)C12CC3CC(CC(C3)C1)C2.CC(F)(F)C(F)CCOC(=O)C12CC3CC(CC(C3)C1)C2.CC(F)(F)C(F)CCOC(=O)C12CC3CC(CC(O)(C3)C1)C2.c1ccc([S+](c2ccccc2)c2ccccc2)cc1.c1ccc([S+](c2ccccc2)c2ccccc2)cc1.c1ccc([S+](c2ccccc2)c2ccccc2)cc1. The summed E-state index contributed by atoms with van der Waals surface area (Å²) in [5, 5.41) is 10.6. The molecule has 0 radical (unpaired) electrons. The van der Waals surface area contributed by atoms with Crippen molar-refractivity contribution in [1.82, 2.24) is 0 Å². The molecular weight excluding hydrogens is 1650 g/mol. The molecule has 12 aliphatic carbocycles. The average Bonchev–Trinajstić information content (AvgIpc) is 0.731. The second-order valence-electron chi connectivity index (χ2n) is 36.5. The van der Waals surface area contributed by atoms with E-state index in [1.165, 1.54) is 82.6 Å². The molecule has 12 aliphatic rings. The third-order valence-electron chi connectivity index (χ3n) is 26.3. The van der Waals surface area contributed by atoms with Gasteiger partial charge in [-0.3, -0.25) is 14.4 Å². The van der Waals surface area contributed by atoms with Gasteiger partial charge in [0.15, 0.2) is 56.4 Å². The van der Waals surface area contributed by atoms with Crippen molar-refractivity contribution in [1.29, 1.82) is 0 Å². The van der Waals surface area contributed by atoms with Crippen LogP contribution in [-0.2, 0) is 61.3 Å². The minimum absolute atomic E-state index is 0.0146. The van der Waals surface area contributed by atoms with Gasteiger partial charge >= 0.3 is 29.8 Å². The normalized spacial score (nSPS) is 25.7. The van der Waals surface area contributed by atoms with Crippen LogP contribution in [0.25, 0.3) is 0 Å². The summed E-state index contributed by atoms with van der Waals surface area (Å²) in [6.45, 7) is 0.781. The van der Waals surface area contributed by atoms with Gasteiger partial charge in [0.1, 0.15) is 0 Å². The summed E-state index contributed by atoms with van der Waals surface area (Å²) in [6.07, 6.45) is 10.8. The highest BCUT2D eigenvalue weighted by Crippen LogP contribution is 2.64. The Bertz CT molecular complexity index is 4140. The molecule has 0 aromatic heterocycles. The van der Waals surface area contributed by atoms with Crippen LogP contribution < -0.4 is 0 Å². The van der Waals surface area contributed by atoms with Crippen molar-refractivity contribution < 1.29 is 77.6 Å². The third kappa shape index (κ3) is 24.3. The highest BCUT2D eigenvalue weighted by Gasteiger charge is 2.62. The van der Waals surface area contributed by atoms with Gasteiger partial charge in [-0.1, -0.05) is 164 Å². The molecule has 20 heteroatoms. The number of rotatable bonds is 26. The van der Waals surface area contributed by atoms with Crippen LogP contribution >= 0.6 is 0 Å². The van der Waals surface area contributed by atoms with Gasteiger partial charge in [-0.2, -0.15) is 8.78 Å². The lowest BCUT2D eigenvalue weighted by Gasteiger charge is -2.58. The van der Waals surface area contributed by atoms with Gasteiger partial charge in [0.05, 0.1) is 74.4 Å². The Kier molecular flexibility index (Phi) is 31.3. The molecule has 4 unspecified atom stereocenters. The van der Waals surface area contributed by atoms with E-state index in [2.05, 4.69) is 273 Å². The quantitative estimate of drug-likeness (QED) is 0.0190. The van der Waals surface area contributed by atoms with Crippen LogP contribution in [0.3, 0.4) is 0 Å². The van der Waals surface area contributed by atoms with Crippen LogP contribution in [-0.4, -0.2) is 84.5 Å². The summed E-state index contributed by atoms with van der Waals surface area (Å²) in [5.74, 6) is -11.2. The lowest BCUT2D eigenvalue weighted by molar-refractivity contribution is -0.201. The first-order chi connectivity index (χ1) is 59.4. The maximum Gasteiger partial charge on any atom is 0.312 e. The van der Waals surface area contributed by atoms with Gasteiger partial charge in [-0.05, 0) is 285 Å². The molecule has 0 heterocycles. The summed E-state index contributed by atoms with van der Waals surface area (Å²) in [4.78, 5) is 49.6. The molecule has 1 N–H and O–H groups in total. The molecule has 124 heavy (non-hydrogen) atoms. The Labute approximate surface area is 734 Å². The number of carbonyl (C=O) groups is 3. The van der Waals surface area contributed by atoms with Gasteiger partial charge in [-0.25, -0.2) is 35.1 Å². The zero-order valence-electron chi connectivity index (χ0n) is 71.0. The van der Waals surface area contributed by atoms with Crippen molar-refractivity contribution in [3.05, 3.63) is 273 Å². The van der Waals surface area contributed by atoms with Gasteiger partial charge < -0.3 is 19.3 Å². The molecule has 21 rings (SSSR count). The summed E-state index contributed by atoms with van der Waals surface area (Å²) >= 11 is 0. The predicted octanol–water partition coefficient (Wildman–Crippen LogP) is 26.9. The zero-order valence-corrected chi connectivity index (χ0v) is 73.5. The van der Waals surface area contributed by atoms with Crippen molar-refractivity contribution in [2.45, 2.75) is 254 Å². The van der Waals surface area contributed by atoms with E-state index in [0.29, 0.717) is 80.5 Å². The average molecular weight is 1770 g/mol. The monoisotopic (exact) mass is 1760 g/mol. The summed E-state index contributed by atoms with van der Waals surface area (Å²) in [7, 11) is -0.0439. The number of hydrogen-bond donors (Lipinski definition) is 1. The van der Waals surface area contributed by atoms with Crippen molar-refractivity contribution in [3.63, 3.8) is 0 Å². The lowest BCUT2D eigenvalue weighted by Crippen LogP contribution is -2.58. The van der Waals surface area contributed by atoms with E-state index in [9.17, 15) is 63.4 Å². The first-order valence-electron chi connectivity index (χ1n) is 44.1. The first-order valence-corrected chi connectivity index (χ1v) is 47.8. The van der Waals surface area contributed by atoms with E-state index >= 15 is 0 Å². The molecule has 4 atom stereocenters. The van der Waals surface area contributed by atoms with E-state index in [-0.39, 0.29) is 89.6 Å². The molecule has 0 spiro atoms. The van der Waals surface area contributed by atoms with Crippen LogP contribution in [0, 0.1) is 63.6 Å². The Morgan fingerprint density at radius 3 is 0.750 bits per heavy atom.